The molecule has 0 atom stereocenters. The van der Waals surface area contributed by atoms with E-state index in [2.05, 4.69) is 32.8 Å². The van der Waals surface area contributed by atoms with Crippen molar-refractivity contribution in [3.63, 3.8) is 0 Å². The molecule has 0 fully saturated rings. The van der Waals surface area contributed by atoms with Crippen molar-refractivity contribution in [3.05, 3.63) is 24.0 Å². The molecule has 2 N–H and O–H groups in total. The average Bonchev–Trinajstić information content (AvgIpc) is 2.88. The molecule has 1 heterocycles. The number of aryl methyl sites for hydroxylation is 1. The van der Waals surface area contributed by atoms with E-state index < -0.39 is 5.60 Å². The van der Waals surface area contributed by atoms with Gasteiger partial charge in [-0.15, -0.1) is 24.0 Å². The first-order chi connectivity index (χ1) is 9.95. The van der Waals surface area contributed by atoms with Crippen molar-refractivity contribution in [2.45, 2.75) is 45.8 Å². The van der Waals surface area contributed by atoms with Crippen LogP contribution in [-0.2, 0) is 13.6 Å². The SMILES string of the molecule is CCNC(=NCC(O)(CC)CC)N(C)Cc1cccn1C.I. The fraction of sp³-hybridized carbons (Fsp3) is 0.688. The molecule has 0 bridgehead atoms. The van der Waals surface area contributed by atoms with Gasteiger partial charge in [-0.2, -0.15) is 0 Å². The molecule has 0 amide bonds. The lowest BCUT2D eigenvalue weighted by atomic mass is 9.98. The first-order valence-electron chi connectivity index (χ1n) is 7.77. The quantitative estimate of drug-likeness (QED) is 0.404. The Morgan fingerprint density at radius 3 is 2.45 bits per heavy atom. The van der Waals surface area contributed by atoms with Gasteiger partial charge in [-0.1, -0.05) is 13.8 Å². The summed E-state index contributed by atoms with van der Waals surface area (Å²) in [5.74, 6) is 0.832. The van der Waals surface area contributed by atoms with Crippen LogP contribution in [0.2, 0.25) is 0 Å². The number of aliphatic hydroxyl groups is 1. The number of aromatic nitrogens is 1. The summed E-state index contributed by atoms with van der Waals surface area (Å²) in [5.41, 5.74) is 0.524. The Morgan fingerprint density at radius 1 is 1.36 bits per heavy atom. The lowest BCUT2D eigenvalue weighted by molar-refractivity contribution is 0.0416. The van der Waals surface area contributed by atoms with Crippen LogP contribution in [-0.4, -0.2) is 46.3 Å². The molecule has 22 heavy (non-hydrogen) atoms. The van der Waals surface area contributed by atoms with Gasteiger partial charge in [0, 0.05) is 32.5 Å². The second-order valence-corrected chi connectivity index (χ2v) is 5.57. The van der Waals surface area contributed by atoms with Crippen LogP contribution >= 0.6 is 24.0 Å². The van der Waals surface area contributed by atoms with Gasteiger partial charge in [0.1, 0.15) is 0 Å². The van der Waals surface area contributed by atoms with Gasteiger partial charge in [-0.05, 0) is 31.9 Å². The zero-order chi connectivity index (χ0) is 15.9. The minimum Gasteiger partial charge on any atom is -0.388 e. The third-order valence-electron chi connectivity index (χ3n) is 3.99. The highest BCUT2D eigenvalue weighted by molar-refractivity contribution is 14.0. The number of hydrogen-bond acceptors (Lipinski definition) is 2. The predicted molar refractivity (Wildman–Crippen MR) is 104 cm³/mol. The van der Waals surface area contributed by atoms with Crippen molar-refractivity contribution in [1.82, 2.24) is 14.8 Å². The maximum absolute atomic E-state index is 10.4. The van der Waals surface area contributed by atoms with E-state index in [4.69, 9.17) is 0 Å². The van der Waals surface area contributed by atoms with Crippen LogP contribution in [0.5, 0.6) is 0 Å². The molecule has 0 radical (unpaired) electrons. The summed E-state index contributed by atoms with van der Waals surface area (Å²) < 4.78 is 2.11. The second kappa shape index (κ2) is 10.1. The number of nitrogens with one attached hydrogen (secondary N) is 1. The number of aliphatic imine (C=N–C) groups is 1. The second-order valence-electron chi connectivity index (χ2n) is 5.57. The van der Waals surface area contributed by atoms with E-state index in [-0.39, 0.29) is 24.0 Å². The van der Waals surface area contributed by atoms with Gasteiger partial charge in [0.15, 0.2) is 5.96 Å². The number of guanidine groups is 1. The highest BCUT2D eigenvalue weighted by atomic mass is 127. The van der Waals surface area contributed by atoms with Crippen LogP contribution in [0.4, 0.5) is 0 Å². The van der Waals surface area contributed by atoms with E-state index in [9.17, 15) is 5.11 Å². The summed E-state index contributed by atoms with van der Waals surface area (Å²) in [4.78, 5) is 6.70. The van der Waals surface area contributed by atoms with E-state index in [1.807, 2.05) is 40.2 Å². The van der Waals surface area contributed by atoms with E-state index in [1.165, 1.54) is 5.69 Å². The summed E-state index contributed by atoms with van der Waals surface area (Å²) in [7, 11) is 4.06. The van der Waals surface area contributed by atoms with Crippen LogP contribution in [0.15, 0.2) is 23.3 Å². The lowest BCUT2D eigenvalue weighted by Crippen LogP contribution is -2.40. The fourth-order valence-electron chi connectivity index (χ4n) is 2.14. The smallest absolute Gasteiger partial charge is 0.194 e. The lowest BCUT2D eigenvalue weighted by Gasteiger charge is -2.26. The van der Waals surface area contributed by atoms with Crippen molar-refractivity contribution in [2.24, 2.45) is 12.0 Å². The number of hydrogen-bond donors (Lipinski definition) is 2. The van der Waals surface area contributed by atoms with Gasteiger partial charge in [0.2, 0.25) is 0 Å². The molecule has 0 unspecified atom stereocenters. The molecule has 0 aromatic carbocycles. The normalized spacial score (nSPS) is 12.0. The van der Waals surface area contributed by atoms with Crippen molar-refractivity contribution in [3.8, 4) is 0 Å². The molecule has 1 aromatic rings. The molecule has 0 aliphatic carbocycles. The summed E-state index contributed by atoms with van der Waals surface area (Å²) in [6, 6.07) is 4.15. The summed E-state index contributed by atoms with van der Waals surface area (Å²) in [5, 5.41) is 13.7. The summed E-state index contributed by atoms with van der Waals surface area (Å²) in [6.45, 7) is 8.08. The van der Waals surface area contributed by atoms with Gasteiger partial charge in [0.05, 0.1) is 18.7 Å². The molecule has 0 aliphatic rings. The van der Waals surface area contributed by atoms with Crippen LogP contribution < -0.4 is 5.32 Å². The molecule has 1 rings (SSSR count). The minimum atomic E-state index is -0.702. The monoisotopic (exact) mass is 422 g/mol. The maximum Gasteiger partial charge on any atom is 0.194 e. The van der Waals surface area contributed by atoms with Crippen LogP contribution in [0.25, 0.3) is 0 Å². The molecule has 0 aliphatic heterocycles. The summed E-state index contributed by atoms with van der Waals surface area (Å²) >= 11 is 0. The van der Waals surface area contributed by atoms with E-state index >= 15 is 0 Å². The zero-order valence-corrected chi connectivity index (χ0v) is 16.8. The van der Waals surface area contributed by atoms with Gasteiger partial charge >= 0.3 is 0 Å². The molecule has 0 saturated carbocycles. The highest BCUT2D eigenvalue weighted by Gasteiger charge is 2.22. The minimum absolute atomic E-state index is 0. The van der Waals surface area contributed by atoms with Crippen molar-refractivity contribution < 1.29 is 5.11 Å². The molecule has 128 valence electrons. The van der Waals surface area contributed by atoms with Crippen LogP contribution in [0, 0.1) is 0 Å². The van der Waals surface area contributed by atoms with Gasteiger partial charge in [-0.3, -0.25) is 4.99 Å². The third kappa shape index (κ3) is 6.16. The highest BCUT2D eigenvalue weighted by Crippen LogP contribution is 2.15. The average molecular weight is 422 g/mol. The predicted octanol–water partition coefficient (Wildman–Crippen LogP) is 2.59. The molecule has 5 nitrogen and oxygen atoms in total. The number of nitrogens with zero attached hydrogens (tertiary/aromatic N) is 3. The van der Waals surface area contributed by atoms with Crippen LogP contribution in [0.1, 0.15) is 39.3 Å². The Morgan fingerprint density at radius 2 is 2.00 bits per heavy atom. The summed E-state index contributed by atoms with van der Waals surface area (Å²) in [6.07, 6.45) is 3.47. The van der Waals surface area contributed by atoms with Crippen molar-refractivity contribution >= 4 is 29.9 Å². The van der Waals surface area contributed by atoms with Crippen molar-refractivity contribution in [1.29, 1.82) is 0 Å². The largest absolute Gasteiger partial charge is 0.388 e. The molecule has 1 aromatic heterocycles. The Balaban J connectivity index is 0.00000441. The Hall–Kier alpha value is -0.760. The van der Waals surface area contributed by atoms with Crippen LogP contribution in [0.3, 0.4) is 0 Å². The Kier molecular flexibility index (Phi) is 9.75. The van der Waals surface area contributed by atoms with Gasteiger partial charge in [0.25, 0.3) is 0 Å². The Labute approximate surface area is 151 Å². The molecule has 0 saturated heterocycles. The number of rotatable bonds is 7. The standard InChI is InChI=1S/C16H30N4O.HI/c1-6-16(21,7-2)13-18-15(17-8-3)20(5)12-14-10-9-11-19(14)4;/h9-11,21H,6-8,12-13H2,1-5H3,(H,17,18);1H. The van der Waals surface area contributed by atoms with Gasteiger partial charge < -0.3 is 19.9 Å². The topological polar surface area (TPSA) is 52.8 Å². The van der Waals surface area contributed by atoms with Gasteiger partial charge in [-0.25, -0.2) is 0 Å². The zero-order valence-electron chi connectivity index (χ0n) is 14.5. The number of halogens is 1. The maximum atomic E-state index is 10.4. The molecule has 0 spiro atoms. The third-order valence-corrected chi connectivity index (χ3v) is 3.99. The molecular weight excluding hydrogens is 391 g/mol. The van der Waals surface area contributed by atoms with E-state index in [1.54, 1.807) is 0 Å². The Bertz CT molecular complexity index is 455. The van der Waals surface area contributed by atoms with E-state index in [0.29, 0.717) is 19.4 Å². The molecular formula is C16H31IN4O. The molecule has 6 heteroatoms. The van der Waals surface area contributed by atoms with Crippen molar-refractivity contribution in [2.75, 3.05) is 20.1 Å². The first-order valence-corrected chi connectivity index (χ1v) is 7.77. The first kappa shape index (κ1) is 21.2. The van der Waals surface area contributed by atoms with E-state index in [0.717, 1.165) is 19.0 Å². The fourth-order valence-corrected chi connectivity index (χ4v) is 2.14.